The van der Waals surface area contributed by atoms with Crippen LogP contribution in [0.1, 0.15) is 60.6 Å². The van der Waals surface area contributed by atoms with Crippen LogP contribution in [0.3, 0.4) is 0 Å². The second-order valence-corrected chi connectivity index (χ2v) is 9.45. The summed E-state index contributed by atoms with van der Waals surface area (Å²) in [5, 5.41) is 24.1. The first-order valence-corrected chi connectivity index (χ1v) is 11.0. The zero-order valence-electron chi connectivity index (χ0n) is 16.1. The van der Waals surface area contributed by atoms with E-state index in [0.717, 1.165) is 22.9 Å². The molecule has 7 nitrogen and oxygen atoms in total. The third-order valence-electron chi connectivity index (χ3n) is 5.12. The Morgan fingerprint density at radius 3 is 2.68 bits per heavy atom. The van der Waals surface area contributed by atoms with Crippen LogP contribution in [0.2, 0.25) is 0 Å². The van der Waals surface area contributed by atoms with Crippen LogP contribution in [0.5, 0.6) is 0 Å². The van der Waals surface area contributed by atoms with Gasteiger partial charge in [-0.25, -0.2) is 4.98 Å². The molecule has 0 unspecified atom stereocenters. The van der Waals surface area contributed by atoms with E-state index in [1.54, 1.807) is 37.6 Å². The molecule has 0 saturated carbocycles. The minimum absolute atomic E-state index is 0.00465. The first kappa shape index (κ1) is 19.2. The van der Waals surface area contributed by atoms with Crippen molar-refractivity contribution in [2.24, 2.45) is 0 Å². The fraction of sp³-hybridized carbons (Fsp3) is 0.474. The lowest BCUT2D eigenvalue weighted by atomic mass is 9.93. The fourth-order valence-electron chi connectivity index (χ4n) is 3.44. The summed E-state index contributed by atoms with van der Waals surface area (Å²) in [6.07, 6.45) is 5.13. The molecule has 9 heteroatoms. The average Bonchev–Trinajstić information content (AvgIpc) is 3.40. The summed E-state index contributed by atoms with van der Waals surface area (Å²) >= 11 is 3.02. The van der Waals surface area contributed by atoms with Gasteiger partial charge in [0.25, 0.3) is 5.91 Å². The first-order valence-electron chi connectivity index (χ1n) is 9.28. The van der Waals surface area contributed by atoms with Gasteiger partial charge in [0.2, 0.25) is 0 Å². The number of likely N-dealkylation sites (tertiary alicyclic amines) is 1. The Balaban J connectivity index is 1.57. The molecule has 148 valence electrons. The first-order chi connectivity index (χ1) is 13.3. The van der Waals surface area contributed by atoms with Crippen LogP contribution in [0, 0.1) is 0 Å². The van der Waals surface area contributed by atoms with E-state index in [9.17, 15) is 9.90 Å². The van der Waals surface area contributed by atoms with E-state index in [4.69, 9.17) is 0 Å². The van der Waals surface area contributed by atoms with Gasteiger partial charge < -0.3 is 10.0 Å². The summed E-state index contributed by atoms with van der Waals surface area (Å²) in [7, 11) is 0. The zero-order valence-corrected chi connectivity index (χ0v) is 17.7. The molecule has 2 atom stereocenters. The molecule has 1 saturated heterocycles. The van der Waals surface area contributed by atoms with E-state index in [-0.39, 0.29) is 17.9 Å². The highest BCUT2D eigenvalue weighted by Gasteiger charge is 2.34. The minimum Gasteiger partial charge on any atom is -0.384 e. The van der Waals surface area contributed by atoms with Gasteiger partial charge in [-0.1, -0.05) is 0 Å². The highest BCUT2D eigenvalue weighted by molar-refractivity contribution is 7.13. The molecule has 3 aromatic rings. The Bertz CT molecular complexity index is 957. The molecule has 0 spiro atoms. The standard InChI is InChI=1S/C19H23N5O2S2/c1-12-4-5-13(16-22-15(11-28-16)19(2,3)26)10-23(12)17(25)14-6-9-27-18(14)24-20-7-8-21-24/h6-9,11-13,26H,4-5,10H2,1-3H3/t12-,13-/m1/s1. The zero-order chi connectivity index (χ0) is 19.9. The van der Waals surface area contributed by atoms with Crippen molar-refractivity contribution in [2.45, 2.75) is 51.2 Å². The molecule has 4 rings (SSSR count). The van der Waals surface area contributed by atoms with Crippen LogP contribution >= 0.6 is 22.7 Å². The monoisotopic (exact) mass is 417 g/mol. The van der Waals surface area contributed by atoms with Gasteiger partial charge in [-0.3, -0.25) is 4.79 Å². The number of carbonyl (C=O) groups excluding carboxylic acids is 1. The normalized spacial score (nSPS) is 20.5. The number of aliphatic hydroxyl groups is 1. The van der Waals surface area contributed by atoms with Crippen LogP contribution in [0.15, 0.2) is 29.2 Å². The van der Waals surface area contributed by atoms with Crippen molar-refractivity contribution in [1.29, 1.82) is 0 Å². The number of rotatable bonds is 4. The number of hydrogen-bond acceptors (Lipinski definition) is 7. The third-order valence-corrected chi connectivity index (χ3v) is 7.00. The SMILES string of the molecule is C[C@@H]1CC[C@@H](c2nc(C(C)(C)O)cs2)CN1C(=O)c1ccsc1-n1nccn1. The summed E-state index contributed by atoms with van der Waals surface area (Å²) in [6, 6.07) is 2.01. The number of amides is 1. The molecule has 1 fully saturated rings. The molecule has 1 amide bonds. The molecule has 1 N–H and O–H groups in total. The predicted molar refractivity (Wildman–Crippen MR) is 109 cm³/mol. The number of thiophene rings is 1. The van der Waals surface area contributed by atoms with Gasteiger partial charge in [-0.15, -0.1) is 27.5 Å². The van der Waals surface area contributed by atoms with Crippen molar-refractivity contribution < 1.29 is 9.90 Å². The van der Waals surface area contributed by atoms with Crippen molar-refractivity contribution in [2.75, 3.05) is 6.54 Å². The molecule has 0 aromatic carbocycles. The molecule has 0 bridgehead atoms. The minimum atomic E-state index is -0.950. The van der Waals surface area contributed by atoms with Crippen molar-refractivity contribution >= 4 is 28.6 Å². The Hall–Kier alpha value is -2.10. The summed E-state index contributed by atoms with van der Waals surface area (Å²) in [5.74, 6) is 0.191. The number of nitrogens with zero attached hydrogens (tertiary/aromatic N) is 5. The van der Waals surface area contributed by atoms with Crippen molar-refractivity contribution in [1.82, 2.24) is 24.9 Å². The molecule has 1 aliphatic rings. The largest absolute Gasteiger partial charge is 0.384 e. The van der Waals surface area contributed by atoms with Crippen molar-refractivity contribution in [3.8, 4) is 5.00 Å². The van der Waals surface area contributed by atoms with Gasteiger partial charge in [0.15, 0.2) is 5.00 Å². The van der Waals surface area contributed by atoms with Gasteiger partial charge in [0.05, 0.1) is 28.7 Å². The highest BCUT2D eigenvalue weighted by Crippen LogP contribution is 2.35. The number of piperidine rings is 1. The maximum Gasteiger partial charge on any atom is 0.257 e. The smallest absolute Gasteiger partial charge is 0.257 e. The lowest BCUT2D eigenvalue weighted by Gasteiger charge is -2.37. The third kappa shape index (κ3) is 3.61. The van der Waals surface area contributed by atoms with Gasteiger partial charge >= 0.3 is 0 Å². The Labute approximate surface area is 171 Å². The van der Waals surface area contributed by atoms with Crippen LogP contribution in [0.25, 0.3) is 5.00 Å². The second-order valence-electron chi connectivity index (χ2n) is 7.67. The molecule has 1 aliphatic heterocycles. The molecular weight excluding hydrogens is 394 g/mol. The Morgan fingerprint density at radius 1 is 1.25 bits per heavy atom. The van der Waals surface area contributed by atoms with Gasteiger partial charge in [-0.05, 0) is 45.1 Å². The summed E-state index contributed by atoms with van der Waals surface area (Å²) < 4.78 is 0. The predicted octanol–water partition coefficient (Wildman–Crippen LogP) is 3.42. The Kier molecular flexibility index (Phi) is 5.07. The lowest BCUT2D eigenvalue weighted by Crippen LogP contribution is -2.45. The number of hydrogen-bond donors (Lipinski definition) is 1. The van der Waals surface area contributed by atoms with Gasteiger partial charge in [-0.2, -0.15) is 10.2 Å². The topological polar surface area (TPSA) is 84.1 Å². The molecule has 0 aliphatic carbocycles. The number of aromatic nitrogens is 4. The van der Waals surface area contributed by atoms with E-state index in [1.165, 1.54) is 16.1 Å². The van der Waals surface area contributed by atoms with E-state index in [1.807, 2.05) is 21.7 Å². The van der Waals surface area contributed by atoms with Gasteiger partial charge in [0, 0.05) is 23.9 Å². The highest BCUT2D eigenvalue weighted by atomic mass is 32.1. The molecular formula is C19H23N5O2S2. The van der Waals surface area contributed by atoms with Crippen LogP contribution in [-0.2, 0) is 5.60 Å². The second kappa shape index (κ2) is 7.38. The van der Waals surface area contributed by atoms with E-state index in [2.05, 4.69) is 22.1 Å². The average molecular weight is 418 g/mol. The maximum absolute atomic E-state index is 13.3. The summed E-state index contributed by atoms with van der Waals surface area (Å²) in [4.78, 5) is 21.4. The summed E-state index contributed by atoms with van der Waals surface area (Å²) in [5.41, 5.74) is 0.369. The van der Waals surface area contributed by atoms with Crippen LogP contribution in [0.4, 0.5) is 0 Å². The molecule has 4 heterocycles. The Morgan fingerprint density at radius 2 is 2.00 bits per heavy atom. The van der Waals surface area contributed by atoms with Crippen molar-refractivity contribution in [3.05, 3.63) is 45.5 Å². The maximum atomic E-state index is 13.3. The molecule has 3 aromatic heterocycles. The van der Waals surface area contributed by atoms with E-state index in [0.29, 0.717) is 17.8 Å². The van der Waals surface area contributed by atoms with Gasteiger partial charge in [0.1, 0.15) is 5.60 Å². The van der Waals surface area contributed by atoms with Crippen LogP contribution in [-0.4, -0.2) is 48.5 Å². The van der Waals surface area contributed by atoms with E-state index < -0.39 is 5.60 Å². The summed E-state index contributed by atoms with van der Waals surface area (Å²) in [6.45, 7) is 6.20. The van der Waals surface area contributed by atoms with Crippen molar-refractivity contribution in [3.63, 3.8) is 0 Å². The fourth-order valence-corrected chi connectivity index (χ4v) is 5.36. The van der Waals surface area contributed by atoms with Crippen LogP contribution < -0.4 is 0 Å². The lowest BCUT2D eigenvalue weighted by molar-refractivity contribution is 0.0605. The quantitative estimate of drug-likeness (QED) is 0.703. The molecule has 0 radical (unpaired) electrons. The number of carbonyl (C=O) groups is 1. The number of thiazole rings is 1. The molecule has 28 heavy (non-hydrogen) atoms. The van der Waals surface area contributed by atoms with E-state index >= 15 is 0 Å².